The lowest BCUT2D eigenvalue weighted by molar-refractivity contribution is 0.0961. The predicted octanol–water partition coefficient (Wildman–Crippen LogP) is 2.39. The quantitative estimate of drug-likeness (QED) is 0.108. The lowest BCUT2D eigenvalue weighted by atomic mass is 10.1. The van der Waals surface area contributed by atoms with Crippen LogP contribution in [-0.2, 0) is 32.5 Å². The summed E-state index contributed by atoms with van der Waals surface area (Å²) in [6.07, 6.45) is 6.06. The van der Waals surface area contributed by atoms with E-state index in [4.69, 9.17) is 14.6 Å². The van der Waals surface area contributed by atoms with Crippen LogP contribution in [0.15, 0.2) is 47.4 Å². The van der Waals surface area contributed by atoms with Gasteiger partial charge in [0, 0.05) is 31.9 Å². The topological polar surface area (TPSA) is 158 Å². The molecule has 0 spiro atoms. The highest BCUT2D eigenvalue weighted by Crippen LogP contribution is 2.22. The molecule has 0 aliphatic heterocycles. The number of benzene rings is 2. The molecule has 0 saturated heterocycles. The molecule has 0 fully saturated rings. The molecule has 0 bridgehead atoms. The molecule has 0 radical (unpaired) electrons. The Labute approximate surface area is 238 Å². The van der Waals surface area contributed by atoms with E-state index in [1.54, 1.807) is 30.3 Å². The summed E-state index contributed by atoms with van der Waals surface area (Å²) < 4.78 is 38.2. The molecule has 0 amide bonds. The molecule has 0 heterocycles. The van der Waals surface area contributed by atoms with Crippen LogP contribution in [0.2, 0.25) is 0 Å². The maximum absolute atomic E-state index is 12.4. The van der Waals surface area contributed by atoms with Crippen molar-refractivity contribution in [2.24, 2.45) is 0 Å². The second-order valence-corrected chi connectivity index (χ2v) is 11.4. The minimum Gasteiger partial charge on any atom is -0.508 e. The molecular formula is C29H46N2O8S. The number of nitrogens with one attached hydrogen (secondary N) is 2. The Morgan fingerprint density at radius 2 is 1.57 bits per heavy atom. The van der Waals surface area contributed by atoms with Gasteiger partial charge in [-0.1, -0.05) is 31.0 Å². The average Bonchev–Trinajstić information content (AvgIpc) is 2.95. The smallest absolute Gasteiger partial charge is 0.240 e. The first-order valence-electron chi connectivity index (χ1n) is 14.0. The fraction of sp³-hybridized carbons (Fsp3) is 0.586. The van der Waals surface area contributed by atoms with Crippen molar-refractivity contribution in [1.29, 1.82) is 0 Å². The van der Waals surface area contributed by atoms with Crippen molar-refractivity contribution in [3.63, 3.8) is 0 Å². The van der Waals surface area contributed by atoms with Gasteiger partial charge in [-0.3, -0.25) is 0 Å². The Hall–Kier alpha value is -2.09. The largest absolute Gasteiger partial charge is 0.508 e. The molecule has 2 aromatic rings. The van der Waals surface area contributed by atoms with Crippen LogP contribution in [0.3, 0.4) is 0 Å². The Kier molecular flexibility index (Phi) is 17.0. The van der Waals surface area contributed by atoms with Crippen molar-refractivity contribution in [2.45, 2.75) is 62.6 Å². The SMILES string of the molecule is O=S(=O)(NCCOCCO)c1cccc(CCCCOCCCCCCNC[C@@H](O)c2ccc(O)c(CO)c2)c1. The van der Waals surface area contributed by atoms with Crippen LogP contribution in [0, 0.1) is 0 Å². The highest BCUT2D eigenvalue weighted by molar-refractivity contribution is 7.89. The molecule has 40 heavy (non-hydrogen) atoms. The van der Waals surface area contributed by atoms with Crippen molar-refractivity contribution in [3.05, 3.63) is 59.2 Å². The molecule has 0 aliphatic carbocycles. The van der Waals surface area contributed by atoms with E-state index in [2.05, 4.69) is 10.0 Å². The Balaban J connectivity index is 1.47. The normalized spacial score (nSPS) is 12.6. The van der Waals surface area contributed by atoms with Crippen LogP contribution in [-0.4, -0.2) is 81.5 Å². The van der Waals surface area contributed by atoms with Gasteiger partial charge in [-0.25, -0.2) is 13.1 Å². The molecule has 0 aromatic heterocycles. The lowest BCUT2D eigenvalue weighted by Crippen LogP contribution is -2.27. The van der Waals surface area contributed by atoms with E-state index in [9.17, 15) is 23.7 Å². The van der Waals surface area contributed by atoms with Crippen molar-refractivity contribution >= 4 is 10.0 Å². The minimum absolute atomic E-state index is 0.0270. The third kappa shape index (κ3) is 13.5. The predicted molar refractivity (Wildman–Crippen MR) is 154 cm³/mol. The van der Waals surface area contributed by atoms with Crippen LogP contribution in [0.4, 0.5) is 0 Å². The van der Waals surface area contributed by atoms with Crippen molar-refractivity contribution < 1.29 is 38.3 Å². The van der Waals surface area contributed by atoms with E-state index in [1.807, 2.05) is 6.07 Å². The van der Waals surface area contributed by atoms with E-state index in [1.165, 1.54) is 6.07 Å². The van der Waals surface area contributed by atoms with Crippen LogP contribution < -0.4 is 10.0 Å². The maximum atomic E-state index is 12.4. The third-order valence-electron chi connectivity index (χ3n) is 6.38. The molecule has 0 unspecified atom stereocenters. The highest BCUT2D eigenvalue weighted by Gasteiger charge is 2.14. The zero-order valence-corrected chi connectivity index (χ0v) is 24.1. The summed E-state index contributed by atoms with van der Waals surface area (Å²) >= 11 is 0. The summed E-state index contributed by atoms with van der Waals surface area (Å²) in [6, 6.07) is 11.7. The van der Waals surface area contributed by atoms with E-state index in [0.717, 1.165) is 63.7 Å². The zero-order valence-electron chi connectivity index (χ0n) is 23.3. The van der Waals surface area contributed by atoms with Crippen LogP contribution in [0.1, 0.15) is 61.3 Å². The number of ether oxygens (including phenoxy) is 2. The summed E-state index contributed by atoms with van der Waals surface area (Å²) in [4.78, 5) is 0.240. The number of aliphatic hydroxyl groups excluding tert-OH is 3. The van der Waals surface area contributed by atoms with Gasteiger partial charge in [0.1, 0.15) is 5.75 Å². The standard InChI is InChI=1S/C29H46N2O8S/c32-15-19-39-18-14-31-40(36,37)27-10-7-9-24(20-27)8-3-6-17-38-16-5-2-1-4-13-30-22-29(35)25-11-12-28(34)26(21-25)23-33/h7,9-12,20-21,29-35H,1-6,8,13-19,22-23H2/t29-/m1/s1. The summed E-state index contributed by atoms with van der Waals surface area (Å²) in [5.74, 6) is 0.0270. The molecule has 10 nitrogen and oxygen atoms in total. The number of rotatable bonds is 23. The number of hydrogen-bond donors (Lipinski definition) is 6. The Morgan fingerprint density at radius 1 is 0.825 bits per heavy atom. The number of aromatic hydroxyl groups is 1. The fourth-order valence-corrected chi connectivity index (χ4v) is 5.19. The number of phenols is 1. The Morgan fingerprint density at radius 3 is 2.35 bits per heavy atom. The molecular weight excluding hydrogens is 536 g/mol. The monoisotopic (exact) mass is 582 g/mol. The van der Waals surface area contributed by atoms with Crippen molar-refractivity contribution in [1.82, 2.24) is 10.0 Å². The second kappa shape index (κ2) is 19.9. The highest BCUT2D eigenvalue weighted by atomic mass is 32.2. The fourth-order valence-electron chi connectivity index (χ4n) is 4.11. The van der Waals surface area contributed by atoms with E-state index in [0.29, 0.717) is 24.3 Å². The van der Waals surface area contributed by atoms with E-state index < -0.39 is 16.1 Å². The van der Waals surface area contributed by atoms with Crippen molar-refractivity contribution in [2.75, 3.05) is 52.7 Å². The third-order valence-corrected chi connectivity index (χ3v) is 7.83. The molecule has 1 atom stereocenters. The number of aliphatic hydroxyl groups is 3. The van der Waals surface area contributed by atoms with Gasteiger partial charge in [0.25, 0.3) is 0 Å². The van der Waals surface area contributed by atoms with Crippen LogP contribution in [0.25, 0.3) is 0 Å². The molecule has 0 saturated carbocycles. The van der Waals surface area contributed by atoms with Gasteiger partial charge >= 0.3 is 0 Å². The average molecular weight is 583 g/mol. The van der Waals surface area contributed by atoms with E-state index in [-0.39, 0.29) is 43.6 Å². The zero-order chi connectivity index (χ0) is 29.1. The molecule has 2 rings (SSSR count). The first-order chi connectivity index (χ1) is 19.4. The van der Waals surface area contributed by atoms with Gasteiger partial charge in [-0.05, 0) is 74.0 Å². The molecule has 0 aliphatic rings. The summed E-state index contributed by atoms with van der Waals surface area (Å²) in [5, 5.41) is 41.1. The number of aryl methyl sites for hydroxylation is 1. The molecule has 6 N–H and O–H groups in total. The van der Waals surface area contributed by atoms with E-state index >= 15 is 0 Å². The lowest BCUT2D eigenvalue weighted by Gasteiger charge is -2.14. The first kappa shape index (κ1) is 34.1. The van der Waals surface area contributed by atoms with Gasteiger partial charge < -0.3 is 35.2 Å². The number of unbranched alkanes of at least 4 members (excludes halogenated alkanes) is 4. The number of hydrogen-bond acceptors (Lipinski definition) is 9. The molecule has 2 aromatic carbocycles. The van der Waals surface area contributed by atoms with Crippen LogP contribution >= 0.6 is 0 Å². The summed E-state index contributed by atoms with van der Waals surface area (Å²) in [7, 11) is -3.59. The van der Waals surface area contributed by atoms with Gasteiger partial charge in [-0.2, -0.15) is 0 Å². The molecule has 226 valence electrons. The first-order valence-corrected chi connectivity index (χ1v) is 15.5. The molecule has 11 heteroatoms. The summed E-state index contributed by atoms with van der Waals surface area (Å²) in [5.41, 5.74) is 2.04. The minimum atomic E-state index is -3.59. The number of sulfonamides is 1. The maximum Gasteiger partial charge on any atom is 0.240 e. The summed E-state index contributed by atoms with van der Waals surface area (Å²) in [6.45, 7) is 2.81. The Bertz CT molecular complexity index is 1070. The van der Waals surface area contributed by atoms with Crippen molar-refractivity contribution in [3.8, 4) is 5.75 Å². The van der Waals surface area contributed by atoms with Gasteiger partial charge in [0.15, 0.2) is 0 Å². The van der Waals surface area contributed by atoms with Crippen LogP contribution in [0.5, 0.6) is 5.75 Å². The van der Waals surface area contributed by atoms with Gasteiger partial charge in [0.2, 0.25) is 10.0 Å². The van der Waals surface area contributed by atoms with Gasteiger partial charge in [-0.15, -0.1) is 0 Å². The second-order valence-electron chi connectivity index (χ2n) is 9.63. The van der Waals surface area contributed by atoms with Gasteiger partial charge in [0.05, 0.1) is 37.4 Å².